The summed E-state index contributed by atoms with van der Waals surface area (Å²) in [5.41, 5.74) is 1.22. The Kier molecular flexibility index (Phi) is 7.26. The first-order valence-electron chi connectivity index (χ1n) is 12.6. The molecule has 3 heteroatoms. The summed E-state index contributed by atoms with van der Waals surface area (Å²) in [6.07, 6.45) is 14.4. The first-order valence-corrected chi connectivity index (χ1v) is 12.6. The first-order chi connectivity index (χ1) is 14.6. The van der Waals surface area contributed by atoms with Crippen molar-refractivity contribution in [1.82, 2.24) is 0 Å². The van der Waals surface area contributed by atoms with E-state index in [1.165, 1.54) is 12.8 Å². The van der Waals surface area contributed by atoms with E-state index in [1.807, 2.05) is 12.1 Å². The quantitative estimate of drug-likeness (QED) is 0.474. The van der Waals surface area contributed by atoms with Crippen LogP contribution in [0.3, 0.4) is 0 Å². The molecule has 0 aromatic heterocycles. The number of carbonyl (C=O) groups excluding carboxylic acids is 1. The van der Waals surface area contributed by atoms with Crippen LogP contribution >= 0.6 is 0 Å². The zero-order chi connectivity index (χ0) is 21.1. The largest absolute Gasteiger partial charge is 0.300 e. The van der Waals surface area contributed by atoms with Gasteiger partial charge >= 0.3 is 0 Å². The standard InChI is InChI=1S/C27H38F2O/c1-2-3-18-4-6-21(7-5-18)24-16-17-25(27(29)26(24)28)22-10-8-19(9-11-22)20-12-14-23(30)15-13-20/h16-22H,2-15H2,1H3. The SMILES string of the molecule is CCCC1CCC(c2ccc(C3CCC(C4CCC(=O)CC4)CC3)c(F)c2F)CC1. The van der Waals surface area contributed by atoms with Crippen LogP contribution in [0.25, 0.3) is 0 Å². The van der Waals surface area contributed by atoms with Crippen molar-refractivity contribution >= 4 is 5.78 Å². The zero-order valence-electron chi connectivity index (χ0n) is 18.6. The molecule has 4 rings (SSSR count). The lowest BCUT2D eigenvalue weighted by Gasteiger charge is -2.36. The van der Waals surface area contributed by atoms with E-state index in [0.717, 1.165) is 83.0 Å². The minimum absolute atomic E-state index is 0.148. The fourth-order valence-electron chi connectivity index (χ4n) is 6.72. The predicted molar refractivity (Wildman–Crippen MR) is 118 cm³/mol. The van der Waals surface area contributed by atoms with Gasteiger partial charge in [-0.3, -0.25) is 4.79 Å². The molecular weight excluding hydrogens is 378 g/mol. The molecule has 1 aromatic rings. The van der Waals surface area contributed by atoms with Gasteiger partial charge in [-0.25, -0.2) is 8.78 Å². The minimum Gasteiger partial charge on any atom is -0.300 e. The highest BCUT2D eigenvalue weighted by atomic mass is 19.2. The molecule has 0 aliphatic heterocycles. The molecule has 0 N–H and O–H groups in total. The summed E-state index contributed by atoms with van der Waals surface area (Å²) >= 11 is 0. The monoisotopic (exact) mass is 416 g/mol. The summed E-state index contributed by atoms with van der Waals surface area (Å²) < 4.78 is 30.1. The van der Waals surface area contributed by atoms with Crippen LogP contribution in [0.5, 0.6) is 0 Å². The van der Waals surface area contributed by atoms with Crippen molar-refractivity contribution < 1.29 is 13.6 Å². The van der Waals surface area contributed by atoms with Crippen molar-refractivity contribution in [2.75, 3.05) is 0 Å². The number of rotatable bonds is 5. The van der Waals surface area contributed by atoms with Gasteiger partial charge < -0.3 is 0 Å². The van der Waals surface area contributed by atoms with Crippen LogP contribution < -0.4 is 0 Å². The van der Waals surface area contributed by atoms with Crippen LogP contribution in [0.1, 0.15) is 120 Å². The van der Waals surface area contributed by atoms with Gasteiger partial charge in [0.05, 0.1) is 0 Å². The van der Waals surface area contributed by atoms with Gasteiger partial charge in [-0.15, -0.1) is 0 Å². The summed E-state index contributed by atoms with van der Waals surface area (Å²) in [5.74, 6) is 1.71. The number of hydrogen-bond donors (Lipinski definition) is 0. The van der Waals surface area contributed by atoms with Gasteiger partial charge in [0.25, 0.3) is 0 Å². The third kappa shape index (κ3) is 4.81. The Morgan fingerprint density at radius 3 is 1.70 bits per heavy atom. The van der Waals surface area contributed by atoms with Gasteiger partial charge in [-0.1, -0.05) is 31.9 Å². The molecule has 0 amide bonds. The maximum Gasteiger partial charge on any atom is 0.162 e. The van der Waals surface area contributed by atoms with E-state index in [1.54, 1.807) is 0 Å². The molecule has 1 nitrogen and oxygen atoms in total. The molecule has 0 spiro atoms. The third-order valence-corrected chi connectivity index (χ3v) is 8.59. The first kappa shape index (κ1) is 22.0. The number of Topliss-reactive ketones (excluding diaryl/α,β-unsaturated/α-hetero) is 1. The number of halogens is 2. The van der Waals surface area contributed by atoms with Gasteiger partial charge in [0.15, 0.2) is 11.6 Å². The number of benzene rings is 1. The predicted octanol–water partition coefficient (Wildman–Crippen LogP) is 8.07. The van der Waals surface area contributed by atoms with E-state index in [0.29, 0.717) is 28.7 Å². The van der Waals surface area contributed by atoms with Crippen LogP contribution in [0, 0.1) is 29.4 Å². The van der Waals surface area contributed by atoms with Crippen LogP contribution in [-0.2, 0) is 4.79 Å². The molecule has 3 aliphatic rings. The van der Waals surface area contributed by atoms with Gasteiger partial charge in [-0.05, 0) is 105 Å². The highest BCUT2D eigenvalue weighted by Crippen LogP contribution is 2.44. The van der Waals surface area contributed by atoms with E-state index < -0.39 is 11.6 Å². The fourth-order valence-corrected chi connectivity index (χ4v) is 6.72. The van der Waals surface area contributed by atoms with E-state index in [9.17, 15) is 4.79 Å². The van der Waals surface area contributed by atoms with Crippen LogP contribution in [-0.4, -0.2) is 5.78 Å². The van der Waals surface area contributed by atoms with E-state index in [-0.39, 0.29) is 11.8 Å². The van der Waals surface area contributed by atoms with Crippen LogP contribution in [0.4, 0.5) is 8.78 Å². The van der Waals surface area contributed by atoms with Crippen molar-refractivity contribution in [3.63, 3.8) is 0 Å². The van der Waals surface area contributed by atoms with Crippen molar-refractivity contribution in [2.24, 2.45) is 17.8 Å². The molecule has 0 atom stereocenters. The minimum atomic E-state index is -0.574. The normalized spacial score (nSPS) is 31.1. The van der Waals surface area contributed by atoms with E-state index >= 15 is 8.78 Å². The third-order valence-electron chi connectivity index (χ3n) is 8.59. The van der Waals surface area contributed by atoms with E-state index in [2.05, 4.69) is 6.92 Å². The second-order valence-electron chi connectivity index (χ2n) is 10.4. The molecule has 30 heavy (non-hydrogen) atoms. The van der Waals surface area contributed by atoms with E-state index in [4.69, 9.17) is 0 Å². The Labute approximate surface area is 181 Å². The Balaban J connectivity index is 1.36. The molecular formula is C27H38F2O. The molecule has 166 valence electrons. The molecule has 3 aliphatic carbocycles. The summed E-state index contributed by atoms with van der Waals surface area (Å²) in [5, 5.41) is 0. The second kappa shape index (κ2) is 9.92. The van der Waals surface area contributed by atoms with Crippen molar-refractivity contribution in [3.8, 4) is 0 Å². The highest BCUT2D eigenvalue weighted by molar-refractivity contribution is 5.79. The van der Waals surface area contributed by atoms with Crippen LogP contribution in [0.15, 0.2) is 12.1 Å². The Morgan fingerprint density at radius 2 is 1.20 bits per heavy atom. The Morgan fingerprint density at radius 1 is 0.733 bits per heavy atom. The van der Waals surface area contributed by atoms with Gasteiger partial charge in [-0.2, -0.15) is 0 Å². The van der Waals surface area contributed by atoms with Gasteiger partial charge in [0.2, 0.25) is 0 Å². The summed E-state index contributed by atoms with van der Waals surface area (Å²) in [4.78, 5) is 11.5. The lowest BCUT2D eigenvalue weighted by atomic mass is 9.69. The Hall–Kier alpha value is -1.25. The molecule has 1 aromatic carbocycles. The smallest absolute Gasteiger partial charge is 0.162 e. The maximum absolute atomic E-state index is 15.1. The highest BCUT2D eigenvalue weighted by Gasteiger charge is 2.33. The fraction of sp³-hybridized carbons (Fsp3) is 0.741. The number of carbonyl (C=O) groups is 1. The lowest BCUT2D eigenvalue weighted by molar-refractivity contribution is -0.121. The maximum atomic E-state index is 15.1. The average molecular weight is 417 g/mol. The topological polar surface area (TPSA) is 17.1 Å². The van der Waals surface area contributed by atoms with Gasteiger partial charge in [0, 0.05) is 12.8 Å². The summed E-state index contributed by atoms with van der Waals surface area (Å²) in [7, 11) is 0. The van der Waals surface area contributed by atoms with Crippen molar-refractivity contribution in [1.29, 1.82) is 0 Å². The number of hydrogen-bond acceptors (Lipinski definition) is 1. The summed E-state index contributed by atoms with van der Waals surface area (Å²) in [6, 6.07) is 3.80. The molecule has 3 fully saturated rings. The zero-order valence-corrected chi connectivity index (χ0v) is 18.6. The molecule has 0 heterocycles. The molecule has 0 bridgehead atoms. The van der Waals surface area contributed by atoms with Crippen molar-refractivity contribution in [2.45, 2.75) is 109 Å². The molecule has 0 radical (unpaired) electrons. The Bertz CT molecular complexity index is 717. The lowest BCUT2D eigenvalue weighted by Crippen LogP contribution is -2.25. The van der Waals surface area contributed by atoms with Crippen molar-refractivity contribution in [3.05, 3.63) is 34.9 Å². The summed E-state index contributed by atoms with van der Waals surface area (Å²) in [6.45, 7) is 2.23. The van der Waals surface area contributed by atoms with Gasteiger partial charge in [0.1, 0.15) is 5.78 Å². The molecule has 0 saturated heterocycles. The number of ketones is 1. The molecule has 0 unspecified atom stereocenters. The molecule has 3 saturated carbocycles. The second-order valence-corrected chi connectivity index (χ2v) is 10.4. The van der Waals surface area contributed by atoms with Crippen LogP contribution in [0.2, 0.25) is 0 Å². The average Bonchev–Trinajstić information content (AvgIpc) is 2.77.